The third-order valence-electron chi connectivity index (χ3n) is 7.51. The van der Waals surface area contributed by atoms with Gasteiger partial charge in [-0.2, -0.15) is 0 Å². The summed E-state index contributed by atoms with van der Waals surface area (Å²) in [5.41, 5.74) is 9.78. The second-order valence-electron chi connectivity index (χ2n) is 9.49. The second-order valence-corrected chi connectivity index (χ2v) is 9.49. The van der Waals surface area contributed by atoms with E-state index in [0.717, 1.165) is 31.2 Å². The Morgan fingerprint density at radius 2 is 2.03 bits per heavy atom. The molecule has 3 N–H and O–H groups in total. The lowest BCUT2D eigenvalue weighted by Gasteiger charge is -2.40. The first-order valence-electron chi connectivity index (χ1n) is 12.5. The number of guanidine groups is 1. The molecule has 0 fully saturated rings. The molecule has 6 heteroatoms. The van der Waals surface area contributed by atoms with Crippen molar-refractivity contribution in [3.05, 3.63) is 70.8 Å². The van der Waals surface area contributed by atoms with Crippen molar-refractivity contribution in [3.63, 3.8) is 0 Å². The molecular formula is C29H34N4O2. The van der Waals surface area contributed by atoms with Crippen LogP contribution in [0.4, 0.5) is 0 Å². The van der Waals surface area contributed by atoms with E-state index in [1.54, 1.807) is 11.0 Å². The number of aliphatic imine (C=N–C) groups is 1. The molecule has 2 amide bonds. The van der Waals surface area contributed by atoms with Crippen LogP contribution in [-0.4, -0.2) is 28.2 Å². The molecule has 6 nitrogen and oxygen atoms in total. The normalized spacial score (nSPS) is 19.5. The number of terminal acetylenes is 1. The van der Waals surface area contributed by atoms with Gasteiger partial charge in [0.2, 0.25) is 5.91 Å². The van der Waals surface area contributed by atoms with E-state index in [2.05, 4.69) is 23.4 Å². The number of nitrogens with two attached hydrogens (primary N) is 1. The molecule has 1 aliphatic carbocycles. The Balaban J connectivity index is 1.60. The van der Waals surface area contributed by atoms with Crippen LogP contribution in [0.3, 0.4) is 0 Å². The van der Waals surface area contributed by atoms with Gasteiger partial charge in [0.05, 0.1) is 24.0 Å². The Labute approximate surface area is 208 Å². The number of fused-ring (bicyclic) bond motifs is 1. The van der Waals surface area contributed by atoms with E-state index in [4.69, 9.17) is 17.1 Å². The van der Waals surface area contributed by atoms with Crippen LogP contribution in [0.2, 0.25) is 0 Å². The van der Waals surface area contributed by atoms with Crippen LogP contribution in [0.5, 0.6) is 0 Å². The molecule has 0 saturated carbocycles. The van der Waals surface area contributed by atoms with Gasteiger partial charge in [-0.05, 0) is 60.9 Å². The first-order valence-corrected chi connectivity index (χ1v) is 12.5. The van der Waals surface area contributed by atoms with Gasteiger partial charge in [-0.15, -0.1) is 12.3 Å². The van der Waals surface area contributed by atoms with Gasteiger partial charge in [-0.3, -0.25) is 14.5 Å². The van der Waals surface area contributed by atoms with Gasteiger partial charge in [-0.1, -0.05) is 50.2 Å². The predicted molar refractivity (Wildman–Crippen MR) is 139 cm³/mol. The Morgan fingerprint density at radius 3 is 2.74 bits per heavy atom. The highest BCUT2D eigenvalue weighted by atomic mass is 16.2. The zero-order valence-electron chi connectivity index (χ0n) is 20.6. The Hall–Kier alpha value is -3.59. The highest BCUT2D eigenvalue weighted by Gasteiger charge is 2.40. The minimum Gasteiger partial charge on any atom is -0.369 e. The smallest absolute Gasteiger partial charge is 0.251 e. The van der Waals surface area contributed by atoms with Gasteiger partial charge in [0.15, 0.2) is 5.96 Å². The van der Waals surface area contributed by atoms with Crippen molar-refractivity contribution in [2.45, 2.75) is 76.4 Å². The highest BCUT2D eigenvalue weighted by Crippen LogP contribution is 2.35. The van der Waals surface area contributed by atoms with E-state index in [9.17, 15) is 9.59 Å². The molecule has 0 spiro atoms. The molecule has 1 aliphatic heterocycles. The van der Waals surface area contributed by atoms with E-state index in [0.29, 0.717) is 24.8 Å². The van der Waals surface area contributed by atoms with Crippen LogP contribution in [0.25, 0.3) is 0 Å². The number of hydrogen-bond donors (Lipinski definition) is 2. The molecule has 0 unspecified atom stereocenters. The van der Waals surface area contributed by atoms with E-state index in [1.807, 2.05) is 44.2 Å². The number of carbonyl (C=O) groups is 2. The van der Waals surface area contributed by atoms with Crippen molar-refractivity contribution in [2.24, 2.45) is 10.7 Å². The lowest BCUT2D eigenvalue weighted by Crippen LogP contribution is -2.52. The number of amides is 2. The number of rotatable bonds is 8. The molecule has 0 saturated heterocycles. The van der Waals surface area contributed by atoms with Crippen LogP contribution >= 0.6 is 0 Å². The SMILES string of the molecule is C#CCC[C@H](c1cccc(C(=O)N[C@H]2CCc3ccccc32)c1)N1C(=O)CC(CC)(CC)N=C1N. The fraction of sp³-hybridized carbons (Fsp3) is 0.414. The molecule has 182 valence electrons. The number of aryl methyl sites for hydroxylation is 1. The fourth-order valence-corrected chi connectivity index (χ4v) is 5.32. The molecule has 2 aliphatic rings. The summed E-state index contributed by atoms with van der Waals surface area (Å²) >= 11 is 0. The van der Waals surface area contributed by atoms with Gasteiger partial charge in [0.25, 0.3) is 5.91 Å². The zero-order chi connectivity index (χ0) is 25.0. The van der Waals surface area contributed by atoms with Crippen molar-refractivity contribution in [1.29, 1.82) is 0 Å². The first-order chi connectivity index (χ1) is 16.9. The summed E-state index contributed by atoms with van der Waals surface area (Å²) in [4.78, 5) is 32.8. The lowest BCUT2D eigenvalue weighted by atomic mass is 9.87. The Bertz CT molecular complexity index is 1180. The van der Waals surface area contributed by atoms with Crippen LogP contribution in [0, 0.1) is 12.3 Å². The molecule has 4 rings (SSSR count). The van der Waals surface area contributed by atoms with E-state index in [-0.39, 0.29) is 29.9 Å². The third kappa shape index (κ3) is 4.95. The monoisotopic (exact) mass is 470 g/mol. The number of nitrogens with one attached hydrogen (secondary N) is 1. The molecule has 35 heavy (non-hydrogen) atoms. The van der Waals surface area contributed by atoms with E-state index in [1.165, 1.54) is 11.1 Å². The largest absolute Gasteiger partial charge is 0.369 e. The van der Waals surface area contributed by atoms with Gasteiger partial charge in [-0.25, -0.2) is 4.99 Å². The minimum atomic E-state index is -0.451. The average molecular weight is 471 g/mol. The second kappa shape index (κ2) is 10.4. The van der Waals surface area contributed by atoms with Gasteiger partial charge >= 0.3 is 0 Å². The summed E-state index contributed by atoms with van der Waals surface area (Å²) in [6, 6.07) is 15.3. The van der Waals surface area contributed by atoms with Gasteiger partial charge in [0.1, 0.15) is 0 Å². The summed E-state index contributed by atoms with van der Waals surface area (Å²) in [6.07, 6.45) is 10.2. The Morgan fingerprint density at radius 1 is 1.26 bits per heavy atom. The van der Waals surface area contributed by atoms with Crippen LogP contribution in [-0.2, 0) is 11.2 Å². The quantitative estimate of drug-likeness (QED) is 0.550. The Kier molecular flexibility index (Phi) is 7.25. The number of benzene rings is 2. The van der Waals surface area contributed by atoms with E-state index >= 15 is 0 Å². The van der Waals surface area contributed by atoms with Crippen molar-refractivity contribution in [3.8, 4) is 12.3 Å². The average Bonchev–Trinajstić information content (AvgIpc) is 3.28. The number of nitrogens with zero attached hydrogens (tertiary/aromatic N) is 2. The fourth-order valence-electron chi connectivity index (χ4n) is 5.32. The number of carbonyl (C=O) groups excluding carboxylic acids is 2. The topological polar surface area (TPSA) is 87.8 Å². The molecule has 2 aromatic carbocycles. The highest BCUT2D eigenvalue weighted by molar-refractivity contribution is 6.00. The maximum absolute atomic E-state index is 13.3. The van der Waals surface area contributed by atoms with Crippen LogP contribution in [0.15, 0.2) is 53.5 Å². The molecule has 0 aromatic heterocycles. The summed E-state index contributed by atoms with van der Waals surface area (Å²) < 4.78 is 0. The summed E-state index contributed by atoms with van der Waals surface area (Å²) in [7, 11) is 0. The van der Waals surface area contributed by atoms with Crippen molar-refractivity contribution in [2.75, 3.05) is 0 Å². The van der Waals surface area contributed by atoms with Crippen molar-refractivity contribution < 1.29 is 9.59 Å². The first kappa shape index (κ1) is 24.5. The maximum Gasteiger partial charge on any atom is 0.251 e. The van der Waals surface area contributed by atoms with Crippen LogP contribution in [0.1, 0.15) is 91.5 Å². The van der Waals surface area contributed by atoms with Crippen molar-refractivity contribution in [1.82, 2.24) is 10.2 Å². The standard InChI is InChI=1S/C29H34N4O2/c1-4-7-15-25(33-26(34)19-29(5-2,6-3)32-28(33)30)21-12-10-13-22(18-21)27(35)31-24-17-16-20-11-8-9-14-23(20)24/h1,8-14,18,24-25H,5-7,15-17,19H2,2-3H3,(H2,30,32)(H,31,35)/t24-,25+/m0/s1. The minimum absolute atomic E-state index is 0.00209. The molecule has 0 bridgehead atoms. The maximum atomic E-state index is 13.3. The molecular weight excluding hydrogens is 436 g/mol. The summed E-state index contributed by atoms with van der Waals surface area (Å²) in [5.74, 6) is 2.71. The number of hydrogen-bond acceptors (Lipinski definition) is 4. The van der Waals surface area contributed by atoms with Gasteiger partial charge in [0, 0.05) is 12.0 Å². The molecule has 2 atom stereocenters. The predicted octanol–water partition coefficient (Wildman–Crippen LogP) is 4.66. The third-order valence-corrected chi connectivity index (χ3v) is 7.51. The lowest BCUT2D eigenvalue weighted by molar-refractivity contribution is -0.131. The van der Waals surface area contributed by atoms with Gasteiger partial charge < -0.3 is 11.1 Å². The molecule has 2 aromatic rings. The van der Waals surface area contributed by atoms with Crippen LogP contribution < -0.4 is 11.1 Å². The van der Waals surface area contributed by atoms with E-state index < -0.39 is 5.54 Å². The summed E-state index contributed by atoms with van der Waals surface area (Å²) in [6.45, 7) is 4.06. The van der Waals surface area contributed by atoms with Crippen molar-refractivity contribution >= 4 is 17.8 Å². The molecule has 0 radical (unpaired) electrons. The molecule has 1 heterocycles. The zero-order valence-corrected chi connectivity index (χ0v) is 20.6. The summed E-state index contributed by atoms with van der Waals surface area (Å²) in [5, 5.41) is 3.18.